The molecule has 0 unspecified atom stereocenters. The summed E-state index contributed by atoms with van der Waals surface area (Å²) >= 11 is 0. The first-order valence-corrected chi connectivity index (χ1v) is 4.81. The number of nitrogens with two attached hydrogens (primary N) is 1. The zero-order valence-corrected chi connectivity index (χ0v) is 9.38. The van der Waals surface area contributed by atoms with Crippen LogP contribution in [0, 0.1) is 0 Å². The zero-order valence-electron chi connectivity index (χ0n) is 9.38. The van der Waals surface area contributed by atoms with Crippen molar-refractivity contribution in [3.63, 3.8) is 0 Å². The van der Waals surface area contributed by atoms with Crippen molar-refractivity contribution >= 4 is 5.95 Å². The van der Waals surface area contributed by atoms with Crippen LogP contribution in [-0.2, 0) is 12.0 Å². The Labute approximate surface area is 91.8 Å². The smallest absolute Gasteiger partial charge is 0.260 e. The Bertz CT molecular complexity index is 481. The van der Waals surface area contributed by atoms with E-state index in [4.69, 9.17) is 10.3 Å². The first kappa shape index (κ1) is 10.5. The van der Waals surface area contributed by atoms with E-state index in [0.29, 0.717) is 11.7 Å². The summed E-state index contributed by atoms with van der Waals surface area (Å²) in [5.41, 5.74) is 5.19. The third kappa shape index (κ3) is 2.15. The minimum atomic E-state index is -0.142. The predicted octanol–water partition coefficient (Wildman–Crippen LogP) is -0.0159. The molecule has 0 amide bonds. The third-order valence-electron chi connectivity index (χ3n) is 1.88. The predicted molar refractivity (Wildman–Crippen MR) is 54.3 cm³/mol. The minimum Gasteiger partial charge on any atom is -0.365 e. The van der Waals surface area contributed by atoms with Crippen LogP contribution in [0.25, 0.3) is 0 Å². The summed E-state index contributed by atoms with van der Waals surface area (Å²) in [6.07, 6.45) is 0. The average Bonchev–Trinajstić information content (AvgIpc) is 2.74. The summed E-state index contributed by atoms with van der Waals surface area (Å²) in [5.74, 6) is 1.20. The minimum absolute atomic E-state index is 0.121. The molecular weight excluding hydrogens is 210 g/mol. The third-order valence-corrected chi connectivity index (χ3v) is 1.88. The van der Waals surface area contributed by atoms with Gasteiger partial charge in [0.25, 0.3) is 5.95 Å². The van der Waals surface area contributed by atoms with Gasteiger partial charge in [-0.3, -0.25) is 0 Å². The van der Waals surface area contributed by atoms with E-state index in [1.807, 2.05) is 20.8 Å². The van der Waals surface area contributed by atoms with Crippen LogP contribution < -0.4 is 5.73 Å². The van der Waals surface area contributed by atoms with Gasteiger partial charge in [-0.2, -0.15) is 9.78 Å². The maximum Gasteiger partial charge on any atom is 0.260 e. The molecule has 0 bridgehead atoms. The molecule has 0 aliphatic heterocycles. The van der Waals surface area contributed by atoms with Crippen molar-refractivity contribution in [2.24, 2.45) is 0 Å². The summed E-state index contributed by atoms with van der Waals surface area (Å²) in [7, 11) is 0. The number of rotatable bonds is 2. The van der Waals surface area contributed by atoms with Gasteiger partial charge < -0.3 is 10.3 Å². The first-order chi connectivity index (χ1) is 7.45. The number of nitrogens with zero attached hydrogens (tertiary/aromatic N) is 6. The molecular formula is C8H13N7O. The quantitative estimate of drug-likeness (QED) is 0.762. The molecule has 2 heterocycles. The van der Waals surface area contributed by atoms with Crippen molar-refractivity contribution in [1.29, 1.82) is 0 Å². The van der Waals surface area contributed by atoms with Crippen molar-refractivity contribution in [2.45, 2.75) is 32.7 Å². The highest BCUT2D eigenvalue weighted by Gasteiger charge is 2.21. The van der Waals surface area contributed by atoms with E-state index in [0.717, 1.165) is 0 Å². The molecule has 0 aliphatic rings. The number of tetrazole rings is 1. The monoisotopic (exact) mass is 223 g/mol. The molecule has 0 aromatic carbocycles. The number of hydrogen-bond acceptors (Lipinski definition) is 7. The molecule has 86 valence electrons. The van der Waals surface area contributed by atoms with Crippen LogP contribution in [0.2, 0.25) is 0 Å². The lowest BCUT2D eigenvalue weighted by atomic mass is 9.96. The van der Waals surface area contributed by atoms with E-state index in [-0.39, 0.29) is 17.9 Å². The van der Waals surface area contributed by atoms with E-state index in [1.54, 1.807) is 0 Å². The molecule has 0 saturated carbocycles. The average molecular weight is 223 g/mol. The lowest BCUT2D eigenvalue weighted by Gasteiger charge is -2.10. The molecule has 2 rings (SSSR count). The summed E-state index contributed by atoms with van der Waals surface area (Å²) in [6, 6.07) is 0. The standard InChI is InChI=1S/C8H13N7O/c1-8(2,3)6-10-5(16-13-6)4-15-12-7(9)11-14-15/h4H2,1-3H3,(H2,9,12). The van der Waals surface area contributed by atoms with Crippen LogP contribution in [0.5, 0.6) is 0 Å². The van der Waals surface area contributed by atoms with E-state index in [9.17, 15) is 0 Å². The number of anilines is 1. The van der Waals surface area contributed by atoms with Crippen LogP contribution in [-0.4, -0.2) is 30.3 Å². The van der Waals surface area contributed by atoms with Gasteiger partial charge in [0.05, 0.1) is 0 Å². The van der Waals surface area contributed by atoms with Gasteiger partial charge in [-0.05, 0) is 5.21 Å². The summed E-state index contributed by atoms with van der Waals surface area (Å²) in [6.45, 7) is 6.29. The highest BCUT2D eigenvalue weighted by atomic mass is 16.5. The molecule has 2 aromatic heterocycles. The van der Waals surface area contributed by atoms with Crippen LogP contribution in [0.4, 0.5) is 5.95 Å². The van der Waals surface area contributed by atoms with E-state index >= 15 is 0 Å². The second kappa shape index (κ2) is 3.54. The number of nitrogen functional groups attached to an aromatic ring is 1. The maximum absolute atomic E-state index is 5.33. The van der Waals surface area contributed by atoms with Gasteiger partial charge >= 0.3 is 0 Å². The fourth-order valence-corrected chi connectivity index (χ4v) is 1.07. The molecule has 2 N–H and O–H groups in total. The van der Waals surface area contributed by atoms with Gasteiger partial charge in [-0.1, -0.05) is 31.0 Å². The highest BCUT2D eigenvalue weighted by molar-refractivity contribution is 5.06. The normalized spacial score (nSPS) is 11.9. The Morgan fingerprint density at radius 3 is 2.62 bits per heavy atom. The van der Waals surface area contributed by atoms with E-state index in [1.165, 1.54) is 4.80 Å². The largest absolute Gasteiger partial charge is 0.365 e. The molecule has 0 fully saturated rings. The van der Waals surface area contributed by atoms with Gasteiger partial charge in [0.1, 0.15) is 6.54 Å². The number of aromatic nitrogens is 6. The molecule has 8 heteroatoms. The summed E-state index contributed by atoms with van der Waals surface area (Å²) < 4.78 is 5.07. The topological polar surface area (TPSA) is 109 Å². The molecule has 2 aromatic rings. The van der Waals surface area contributed by atoms with Crippen molar-refractivity contribution < 1.29 is 4.52 Å². The Morgan fingerprint density at radius 1 is 1.38 bits per heavy atom. The number of hydrogen-bond donors (Lipinski definition) is 1. The molecule has 0 atom stereocenters. The lowest BCUT2D eigenvalue weighted by Crippen LogP contribution is -2.13. The Morgan fingerprint density at radius 2 is 2.12 bits per heavy atom. The van der Waals surface area contributed by atoms with Crippen molar-refractivity contribution in [3.8, 4) is 0 Å². The molecule has 0 saturated heterocycles. The van der Waals surface area contributed by atoms with E-state index < -0.39 is 0 Å². The van der Waals surface area contributed by atoms with Crippen molar-refractivity contribution in [1.82, 2.24) is 30.3 Å². The van der Waals surface area contributed by atoms with Gasteiger partial charge in [0.15, 0.2) is 5.82 Å². The Hall–Kier alpha value is -1.99. The van der Waals surface area contributed by atoms with Crippen molar-refractivity contribution in [2.75, 3.05) is 5.73 Å². The Balaban J connectivity index is 2.14. The van der Waals surface area contributed by atoms with Crippen LogP contribution in [0.15, 0.2) is 4.52 Å². The van der Waals surface area contributed by atoms with E-state index in [2.05, 4.69) is 25.6 Å². The fraction of sp³-hybridized carbons (Fsp3) is 0.625. The maximum atomic E-state index is 5.33. The van der Waals surface area contributed by atoms with Gasteiger partial charge in [-0.25, -0.2) is 0 Å². The van der Waals surface area contributed by atoms with Gasteiger partial charge in [-0.15, -0.1) is 5.10 Å². The van der Waals surface area contributed by atoms with Crippen molar-refractivity contribution in [3.05, 3.63) is 11.7 Å². The fourth-order valence-electron chi connectivity index (χ4n) is 1.07. The molecule has 0 spiro atoms. The molecule has 8 nitrogen and oxygen atoms in total. The molecule has 16 heavy (non-hydrogen) atoms. The van der Waals surface area contributed by atoms with Crippen LogP contribution in [0.3, 0.4) is 0 Å². The second-order valence-corrected chi connectivity index (χ2v) is 4.44. The van der Waals surface area contributed by atoms with Gasteiger partial charge in [0.2, 0.25) is 5.89 Å². The molecule has 0 radical (unpaired) electrons. The summed E-state index contributed by atoms with van der Waals surface area (Å²) in [4.78, 5) is 5.54. The lowest BCUT2D eigenvalue weighted by molar-refractivity contribution is 0.345. The second-order valence-electron chi connectivity index (χ2n) is 4.44. The van der Waals surface area contributed by atoms with Gasteiger partial charge in [0, 0.05) is 5.41 Å². The summed E-state index contributed by atoms with van der Waals surface area (Å²) in [5, 5.41) is 14.9. The zero-order chi connectivity index (χ0) is 11.8. The van der Waals surface area contributed by atoms with Crippen LogP contribution in [0.1, 0.15) is 32.5 Å². The Kier molecular flexibility index (Phi) is 2.33. The van der Waals surface area contributed by atoms with Crippen LogP contribution >= 0.6 is 0 Å². The first-order valence-electron chi connectivity index (χ1n) is 4.81. The highest BCUT2D eigenvalue weighted by Crippen LogP contribution is 2.18. The SMILES string of the molecule is CC(C)(C)c1noc(Cn2nnc(N)n2)n1. The molecule has 0 aliphatic carbocycles.